The van der Waals surface area contributed by atoms with Gasteiger partial charge in [0.05, 0.1) is 12.4 Å². The highest BCUT2D eigenvalue weighted by Gasteiger charge is 2.34. The van der Waals surface area contributed by atoms with Gasteiger partial charge in [0.15, 0.2) is 0 Å². The summed E-state index contributed by atoms with van der Waals surface area (Å²) in [6, 6.07) is 14.6. The van der Waals surface area contributed by atoms with E-state index in [1.807, 2.05) is 33.6 Å². The molecular weight excluding hydrogens is 687 g/mol. The predicted molar refractivity (Wildman–Crippen MR) is 202 cm³/mol. The molecule has 4 fully saturated rings. The number of nitrogen functional groups attached to an aromatic ring is 1. The number of amides is 2. The van der Waals surface area contributed by atoms with Crippen LogP contribution in [-0.4, -0.2) is 127 Å². The van der Waals surface area contributed by atoms with Gasteiger partial charge in [-0.1, -0.05) is 18.2 Å². The summed E-state index contributed by atoms with van der Waals surface area (Å²) in [6.45, 7) is 8.96. The second kappa shape index (κ2) is 18.9. The van der Waals surface area contributed by atoms with Gasteiger partial charge in [0, 0.05) is 60.9 Å². The number of carbonyl (C=O) groups is 2. The second-order valence-corrected chi connectivity index (χ2v) is 17.3. The molecule has 2 aromatic rings. The van der Waals surface area contributed by atoms with Crippen LogP contribution in [0.4, 0.5) is 5.82 Å². The Balaban J connectivity index is 0.000000206. The summed E-state index contributed by atoms with van der Waals surface area (Å²) in [5, 5.41) is 10.2. The van der Waals surface area contributed by atoms with Crippen molar-refractivity contribution in [3.8, 4) is 0 Å². The van der Waals surface area contributed by atoms with Crippen molar-refractivity contribution in [2.24, 2.45) is 11.8 Å². The van der Waals surface area contributed by atoms with Crippen LogP contribution in [0.25, 0.3) is 0 Å². The van der Waals surface area contributed by atoms with Crippen LogP contribution in [0.1, 0.15) is 56.9 Å². The van der Waals surface area contributed by atoms with Crippen molar-refractivity contribution in [1.82, 2.24) is 24.5 Å². The molecule has 0 saturated carbocycles. The molecule has 4 aliphatic rings. The first kappa shape index (κ1) is 39.5. The summed E-state index contributed by atoms with van der Waals surface area (Å²) in [6.07, 6.45) is 9.26. The number of benzene rings is 1. The number of hydrogen-bond donors (Lipinski definition) is 2. The van der Waals surface area contributed by atoms with Crippen molar-refractivity contribution >= 4 is 46.6 Å². The van der Waals surface area contributed by atoms with E-state index in [2.05, 4.69) is 45.1 Å². The number of pyridine rings is 1. The largest absolute Gasteiger partial charge is 0.437 e. The van der Waals surface area contributed by atoms with Crippen molar-refractivity contribution in [3.63, 3.8) is 0 Å². The highest BCUT2D eigenvalue weighted by atomic mass is 32.2. The number of rotatable bonds is 9. The summed E-state index contributed by atoms with van der Waals surface area (Å²) in [5.74, 6) is 1.31. The zero-order valence-corrected chi connectivity index (χ0v) is 31.8. The molecule has 0 unspecified atom stereocenters. The van der Waals surface area contributed by atoms with Crippen LogP contribution in [0.2, 0.25) is 6.82 Å². The minimum absolute atomic E-state index is 0.0161. The smallest absolute Gasteiger partial charge is 0.376 e. The van der Waals surface area contributed by atoms with Crippen LogP contribution in [0, 0.1) is 11.8 Å². The Kier molecular flexibility index (Phi) is 14.6. The maximum Gasteiger partial charge on any atom is 0.376 e. The molecule has 4 aliphatic heterocycles. The Morgan fingerprint density at radius 2 is 1.41 bits per heavy atom. The number of carbonyl (C=O) groups excluding carboxylic acids is 2. The Morgan fingerprint density at radius 1 is 0.863 bits per heavy atom. The van der Waals surface area contributed by atoms with Crippen LogP contribution in [-0.2, 0) is 30.4 Å². The molecule has 0 aliphatic carbocycles. The van der Waals surface area contributed by atoms with Crippen molar-refractivity contribution in [2.45, 2.75) is 81.0 Å². The average molecular weight is 743 g/mol. The van der Waals surface area contributed by atoms with Gasteiger partial charge >= 0.3 is 7.05 Å². The topological polar surface area (TPSA) is 150 Å². The van der Waals surface area contributed by atoms with E-state index in [9.17, 15) is 23.0 Å². The SMILES string of the molecule is CB(O)N1CCC(C(=O)N2CCC(OS(C)(=O)=O)CC2)CC1.Nc1cc(CN2CCC(C(=O)N3CCC(Sc4ccccc4)CC3)CC2)ccn1. The second-order valence-electron chi connectivity index (χ2n) is 14.4. The molecule has 2 amide bonds. The molecule has 0 spiro atoms. The van der Waals surface area contributed by atoms with Gasteiger partial charge in [-0.05, 0) is 114 Å². The van der Waals surface area contributed by atoms with Gasteiger partial charge in [-0.2, -0.15) is 8.42 Å². The summed E-state index contributed by atoms with van der Waals surface area (Å²) in [4.78, 5) is 39.2. The highest BCUT2D eigenvalue weighted by Crippen LogP contribution is 2.31. The molecule has 280 valence electrons. The maximum absolute atomic E-state index is 13.0. The first-order chi connectivity index (χ1) is 24.4. The number of nitrogens with zero attached hydrogens (tertiary/aromatic N) is 5. The molecule has 6 rings (SSSR count). The summed E-state index contributed by atoms with van der Waals surface area (Å²) in [5.41, 5.74) is 6.97. The maximum atomic E-state index is 13.0. The van der Waals surface area contributed by atoms with E-state index in [-0.39, 0.29) is 23.8 Å². The van der Waals surface area contributed by atoms with Crippen LogP contribution in [0.3, 0.4) is 0 Å². The fourth-order valence-corrected chi connectivity index (χ4v) is 9.36. The van der Waals surface area contributed by atoms with Gasteiger partial charge in [-0.15, -0.1) is 11.8 Å². The Morgan fingerprint density at radius 3 is 1.94 bits per heavy atom. The zero-order valence-electron chi connectivity index (χ0n) is 30.1. The Bertz CT molecular complexity index is 1510. The number of likely N-dealkylation sites (tertiary alicyclic amines) is 3. The third-order valence-corrected chi connectivity index (χ3v) is 12.4. The van der Waals surface area contributed by atoms with Crippen molar-refractivity contribution in [2.75, 3.05) is 64.3 Å². The van der Waals surface area contributed by atoms with E-state index >= 15 is 0 Å². The van der Waals surface area contributed by atoms with Crippen molar-refractivity contribution in [3.05, 3.63) is 54.2 Å². The molecular formula is C36H55BN6O6S2. The summed E-state index contributed by atoms with van der Waals surface area (Å²) in [7, 11) is -3.89. The molecule has 0 bridgehead atoms. The van der Waals surface area contributed by atoms with Gasteiger partial charge in [-0.3, -0.25) is 18.7 Å². The highest BCUT2D eigenvalue weighted by molar-refractivity contribution is 8.00. The molecule has 4 saturated heterocycles. The van der Waals surface area contributed by atoms with Gasteiger partial charge in [0.2, 0.25) is 11.8 Å². The van der Waals surface area contributed by atoms with E-state index in [0.717, 1.165) is 90.6 Å². The Labute approximate surface area is 308 Å². The standard InChI is InChI=1S/C23H30N4OS.C13H25BN2O5S/c24-22-16-18(6-11-25-22)17-26-12-7-19(8-13-26)23(28)27-14-9-21(10-15-27)29-20-4-2-1-3-5-20;1-14(18)16-9-3-11(4-10-16)13(17)15-7-5-12(6-8-15)21-22(2,19)20/h1-6,11,16,19,21H,7-10,12-15,17H2,(H2,24,25);11-12,18H,3-10H2,1-2H3. The van der Waals surface area contributed by atoms with E-state index in [1.165, 1.54) is 10.5 Å². The molecule has 12 nitrogen and oxygen atoms in total. The third-order valence-electron chi connectivity index (χ3n) is 10.5. The average Bonchev–Trinajstić information content (AvgIpc) is 3.12. The zero-order chi connectivity index (χ0) is 36.4. The normalized spacial score (nSPS) is 20.8. The quantitative estimate of drug-likeness (QED) is 0.288. The predicted octanol–water partition coefficient (Wildman–Crippen LogP) is 3.44. The fourth-order valence-electron chi connectivity index (χ4n) is 7.53. The first-order valence-corrected chi connectivity index (χ1v) is 21.2. The van der Waals surface area contributed by atoms with Gasteiger partial charge in [0.25, 0.3) is 10.1 Å². The Hall–Kier alpha value is -2.69. The number of hydrogen-bond acceptors (Lipinski definition) is 11. The molecule has 51 heavy (non-hydrogen) atoms. The number of nitrogens with two attached hydrogens (primary N) is 1. The molecule has 0 radical (unpaired) electrons. The van der Waals surface area contributed by atoms with Gasteiger partial charge in [0.1, 0.15) is 5.82 Å². The molecule has 1 aromatic heterocycles. The van der Waals surface area contributed by atoms with E-state index in [4.69, 9.17) is 9.92 Å². The van der Waals surface area contributed by atoms with E-state index in [0.29, 0.717) is 42.9 Å². The molecule has 0 atom stereocenters. The lowest BCUT2D eigenvalue weighted by Crippen LogP contribution is -2.49. The molecule has 3 N–H and O–H groups in total. The number of piperidine rings is 4. The molecule has 5 heterocycles. The van der Waals surface area contributed by atoms with Crippen LogP contribution < -0.4 is 5.73 Å². The lowest BCUT2D eigenvalue weighted by atomic mass is 9.80. The van der Waals surface area contributed by atoms with Gasteiger partial charge < -0.3 is 25.4 Å². The summed E-state index contributed by atoms with van der Waals surface area (Å²) < 4.78 is 27.2. The summed E-state index contributed by atoms with van der Waals surface area (Å²) >= 11 is 1.96. The minimum Gasteiger partial charge on any atom is -0.437 e. The first-order valence-electron chi connectivity index (χ1n) is 18.5. The number of anilines is 1. The monoisotopic (exact) mass is 742 g/mol. The molecule has 1 aromatic carbocycles. The number of thioether (sulfide) groups is 1. The van der Waals surface area contributed by atoms with Crippen molar-refractivity contribution < 1.29 is 27.2 Å². The lowest BCUT2D eigenvalue weighted by molar-refractivity contribution is -0.139. The van der Waals surface area contributed by atoms with E-state index in [1.54, 1.807) is 13.0 Å². The van der Waals surface area contributed by atoms with E-state index < -0.39 is 17.2 Å². The van der Waals surface area contributed by atoms with Crippen molar-refractivity contribution in [1.29, 1.82) is 0 Å². The molecule has 15 heteroatoms. The van der Waals surface area contributed by atoms with Gasteiger partial charge in [-0.25, -0.2) is 4.98 Å². The minimum atomic E-state index is -3.43. The van der Waals surface area contributed by atoms with Crippen LogP contribution >= 0.6 is 11.8 Å². The fraction of sp³-hybridized carbons (Fsp3) is 0.639. The third kappa shape index (κ3) is 12.5. The lowest BCUT2D eigenvalue weighted by Gasteiger charge is -2.37. The number of aromatic nitrogens is 1. The van der Waals surface area contributed by atoms with Crippen LogP contribution in [0.15, 0.2) is 53.6 Å². The van der Waals surface area contributed by atoms with Crippen LogP contribution in [0.5, 0.6) is 0 Å².